The minimum absolute atomic E-state index is 0. The first-order valence-corrected chi connectivity index (χ1v) is 11.1. The van der Waals surface area contributed by atoms with Gasteiger partial charge in [0.25, 0.3) is 0 Å². The molecule has 184 valence electrons. The van der Waals surface area contributed by atoms with Crippen LogP contribution in [0.4, 0.5) is 0 Å². The summed E-state index contributed by atoms with van der Waals surface area (Å²) >= 11 is 9.13. The van der Waals surface area contributed by atoms with E-state index in [1.165, 1.54) is 19.6 Å². The van der Waals surface area contributed by atoms with E-state index in [-0.39, 0.29) is 39.5 Å². The van der Waals surface area contributed by atoms with E-state index >= 15 is 0 Å². The number of hydrogen-bond acceptors (Lipinski definition) is 5. The smallest absolute Gasteiger partial charge is 0.322 e. The summed E-state index contributed by atoms with van der Waals surface area (Å²) in [5.74, 6) is -0.218. The lowest BCUT2D eigenvalue weighted by Gasteiger charge is -2.13. The van der Waals surface area contributed by atoms with Crippen molar-refractivity contribution in [2.75, 3.05) is 32.8 Å². The van der Waals surface area contributed by atoms with Crippen LogP contribution in [0.5, 0.6) is 0 Å². The van der Waals surface area contributed by atoms with E-state index in [4.69, 9.17) is 9.84 Å². The highest BCUT2D eigenvalue weighted by molar-refractivity contribution is 9.20. The zero-order valence-electron chi connectivity index (χ0n) is 17.8. The van der Waals surface area contributed by atoms with Crippen LogP contribution < -0.4 is 0 Å². The number of aliphatic hydroxyl groups is 1. The Hall–Kier alpha value is 0.500. The van der Waals surface area contributed by atoms with E-state index in [1.807, 2.05) is 0 Å². The van der Waals surface area contributed by atoms with Gasteiger partial charge in [-0.25, -0.2) is 0 Å². The minimum atomic E-state index is -0.539. The van der Waals surface area contributed by atoms with Gasteiger partial charge in [-0.3, -0.25) is 9.59 Å². The number of nitrogens with zero attached hydrogens (tertiary/aromatic N) is 1. The molecule has 0 saturated heterocycles. The first-order valence-electron chi connectivity index (χ1n) is 8.77. The molecule has 8 heteroatoms. The molecule has 0 aliphatic heterocycles. The number of rotatable bonds is 6. The molecular weight excluding hydrogens is 570 g/mol. The van der Waals surface area contributed by atoms with Gasteiger partial charge in [0.2, 0.25) is 4.69 Å². The lowest BCUT2D eigenvalue weighted by molar-refractivity contribution is -0.144. The summed E-state index contributed by atoms with van der Waals surface area (Å²) in [6.07, 6.45) is 0. The fourth-order valence-electron chi connectivity index (χ4n) is 0.974. The Morgan fingerprint density at radius 3 is 1.10 bits per heavy atom. The van der Waals surface area contributed by atoms with E-state index < -0.39 is 8.65 Å². The van der Waals surface area contributed by atoms with E-state index in [9.17, 15) is 9.59 Å². The van der Waals surface area contributed by atoms with Gasteiger partial charge in [0.15, 0.2) is 0 Å². The fraction of sp³-hybridized carbons (Fsp3) is 0.905. The summed E-state index contributed by atoms with van der Waals surface area (Å²) < 4.78 is 3.74. The maximum Gasteiger partial charge on any atom is 0.322 e. The van der Waals surface area contributed by atoms with Gasteiger partial charge >= 0.3 is 5.97 Å². The van der Waals surface area contributed by atoms with Crippen LogP contribution in [0, 0.1) is 0 Å². The van der Waals surface area contributed by atoms with Gasteiger partial charge in [0, 0.05) is 6.61 Å². The van der Waals surface area contributed by atoms with Crippen molar-refractivity contribution in [3.05, 3.63) is 0 Å². The summed E-state index contributed by atoms with van der Waals surface area (Å²) in [6, 6.07) is 0. The van der Waals surface area contributed by atoms with Crippen molar-refractivity contribution in [3.63, 3.8) is 0 Å². The monoisotopic (exact) mass is 617 g/mol. The molecule has 0 amide bonds. The van der Waals surface area contributed by atoms with Crippen LogP contribution in [-0.4, -0.2) is 62.2 Å². The predicted molar refractivity (Wildman–Crippen MR) is 143 cm³/mol. The maximum absolute atomic E-state index is 10.8. The highest BCUT2D eigenvalue weighted by Crippen LogP contribution is 2.19. The number of aliphatic hydroxyl groups excluding tert-OH is 1. The Morgan fingerprint density at radius 2 is 1.07 bits per heavy atom. The number of halogens is 3. The van der Waals surface area contributed by atoms with Gasteiger partial charge in [-0.1, -0.05) is 74.9 Å². The van der Waals surface area contributed by atoms with Crippen molar-refractivity contribution in [3.8, 4) is 0 Å². The number of carbonyl (C=O) groups excluding carboxylic acids is 2. The van der Waals surface area contributed by atoms with Crippen LogP contribution in [0.15, 0.2) is 0 Å². The third-order valence-corrected chi connectivity index (χ3v) is 4.78. The van der Waals surface area contributed by atoms with Crippen LogP contribution in [0.2, 0.25) is 0 Å². The summed E-state index contributed by atoms with van der Waals surface area (Å²) in [7, 11) is 0. The Balaban J connectivity index is -0.0000000450. The lowest BCUT2D eigenvalue weighted by Crippen LogP contribution is -2.26. The second kappa shape index (κ2) is 28.5. The summed E-state index contributed by atoms with van der Waals surface area (Å²) in [5, 5.41) is 7.57. The molecule has 0 heterocycles. The second-order valence-corrected chi connectivity index (χ2v) is 10.6. The van der Waals surface area contributed by atoms with Gasteiger partial charge < -0.3 is 14.7 Å². The molecule has 0 fully saturated rings. The zero-order valence-corrected chi connectivity index (χ0v) is 22.5. The van der Waals surface area contributed by atoms with Crippen molar-refractivity contribution < 1.29 is 19.4 Å². The van der Waals surface area contributed by atoms with E-state index in [0.29, 0.717) is 6.61 Å². The molecule has 1 N–H and O–H groups in total. The number of alkyl halides is 2. The topological polar surface area (TPSA) is 66.8 Å². The molecule has 5 nitrogen and oxygen atoms in total. The molecular formula is C21H50Br3NO4. The number of carbonyl (C=O) groups is 2. The molecule has 0 saturated carbocycles. The summed E-state index contributed by atoms with van der Waals surface area (Å²) in [5.41, 5.74) is 0. The van der Waals surface area contributed by atoms with Crippen LogP contribution in [0.1, 0.15) is 84.6 Å². The normalized spacial score (nSPS) is 9.31. The molecule has 0 aromatic rings. The molecule has 0 aromatic heterocycles. The van der Waals surface area contributed by atoms with Crippen LogP contribution >= 0.6 is 47.8 Å². The van der Waals surface area contributed by atoms with Crippen LogP contribution in [0.25, 0.3) is 0 Å². The van der Waals surface area contributed by atoms with Crippen LogP contribution in [0.3, 0.4) is 0 Å². The molecule has 0 radical (unpaired) electrons. The maximum atomic E-state index is 10.8. The van der Waals surface area contributed by atoms with Crippen molar-refractivity contribution in [2.45, 2.75) is 93.2 Å². The highest BCUT2D eigenvalue weighted by Gasteiger charge is 2.24. The van der Waals surface area contributed by atoms with Crippen molar-refractivity contribution in [1.29, 1.82) is 0 Å². The molecule has 0 aliphatic rings. The molecule has 0 spiro atoms. The number of esters is 1. The Bertz CT molecular complexity index is 332. The molecule has 0 aliphatic carbocycles. The molecule has 0 rings (SSSR count). The lowest BCUT2D eigenvalue weighted by atomic mass is 10.2. The van der Waals surface area contributed by atoms with Crippen molar-refractivity contribution in [2.24, 2.45) is 0 Å². The average Bonchev–Trinajstić information content (AvgIpc) is 2.49. The fourth-order valence-corrected chi connectivity index (χ4v) is 1.09. The van der Waals surface area contributed by atoms with Crippen LogP contribution in [-0.2, 0) is 14.3 Å². The molecule has 0 atom stereocenters. The second-order valence-electron chi connectivity index (χ2n) is 5.87. The minimum Gasteiger partial charge on any atom is -0.465 e. The first kappa shape index (κ1) is 47.3. The van der Waals surface area contributed by atoms with Crippen molar-refractivity contribution in [1.82, 2.24) is 4.90 Å². The molecule has 0 bridgehead atoms. The van der Waals surface area contributed by atoms with Gasteiger partial charge in [-0.2, -0.15) is 0 Å². The standard InChI is InChI=1S/C6H11BrO2.C6H15N.C4H6Br2O.C2H6O.3CH4/c1-4-9-5(8)6(2,3)7;1-4-7(5-2)6-3;1-4(2,6)3(5)7;1-2-3;;;/h4H2,1-3H3;4-6H2,1-3H3;1-2H3;3H,2H2,1H3;3*1H4. The largest absolute Gasteiger partial charge is 0.465 e. The Kier molecular flexibility index (Phi) is 46.5. The van der Waals surface area contributed by atoms with Gasteiger partial charge in [0.05, 0.1) is 10.9 Å². The Labute approximate surface area is 208 Å². The summed E-state index contributed by atoms with van der Waals surface area (Å²) in [4.78, 5) is 23.5. The third kappa shape index (κ3) is 43.3. The zero-order chi connectivity index (χ0) is 22.0. The third-order valence-electron chi connectivity index (χ3n) is 2.57. The molecule has 0 unspecified atom stereocenters. The number of ether oxygens (including phenoxy) is 1. The average molecular weight is 620 g/mol. The summed E-state index contributed by atoms with van der Waals surface area (Å²) in [6.45, 7) is 21.4. The SMILES string of the molecule is C.C.C.CC(C)(Br)C(=O)Br.CCN(CC)CC.CCO.CCOC(=O)C(C)(C)Br. The van der Waals surface area contributed by atoms with Gasteiger partial charge in [-0.15, -0.1) is 0 Å². The Morgan fingerprint density at radius 1 is 0.828 bits per heavy atom. The number of hydrogen-bond donors (Lipinski definition) is 1. The quantitative estimate of drug-likeness (QED) is 0.196. The van der Waals surface area contributed by atoms with Gasteiger partial charge in [0.1, 0.15) is 4.32 Å². The van der Waals surface area contributed by atoms with E-state index in [1.54, 1.807) is 41.5 Å². The van der Waals surface area contributed by atoms with E-state index in [0.717, 1.165) is 0 Å². The molecule has 0 aromatic carbocycles. The predicted octanol–water partition coefficient (Wildman–Crippen LogP) is 7.06. The van der Waals surface area contributed by atoms with E-state index in [2.05, 4.69) is 73.5 Å². The van der Waals surface area contributed by atoms with Crippen molar-refractivity contribution >= 4 is 58.5 Å². The first-order chi connectivity index (χ1) is 11.7. The highest BCUT2D eigenvalue weighted by atomic mass is 79.9. The van der Waals surface area contributed by atoms with Gasteiger partial charge in [-0.05, 0) is 77.1 Å². The molecule has 29 heavy (non-hydrogen) atoms.